The predicted molar refractivity (Wildman–Crippen MR) is 308 cm³/mol. The van der Waals surface area contributed by atoms with Gasteiger partial charge in [-0.1, -0.05) is 128 Å². The lowest BCUT2D eigenvalue weighted by atomic mass is 9.91. The lowest BCUT2D eigenvalue weighted by Gasteiger charge is -2.32. The first kappa shape index (κ1) is 51.0. The van der Waals surface area contributed by atoms with E-state index in [0.717, 1.165) is 70.3 Å². The third-order valence-corrected chi connectivity index (χ3v) is 16.3. The number of benzene rings is 5. The fourth-order valence-electron chi connectivity index (χ4n) is 11.6. The van der Waals surface area contributed by atoms with Gasteiger partial charge >= 0.3 is 0 Å². The molecule has 5 aromatic carbocycles. The minimum absolute atomic E-state index is 0.368. The molecule has 11 rings (SSSR count). The van der Waals surface area contributed by atoms with Gasteiger partial charge in [-0.25, -0.2) is 9.55 Å². The summed E-state index contributed by atoms with van der Waals surface area (Å²) in [6, 6.07) is 33.2. The van der Waals surface area contributed by atoms with Crippen molar-refractivity contribution in [3.63, 3.8) is 0 Å². The number of imidazole rings is 2. The molecular weight excluding hydrogens is 903 g/mol. The quantitative estimate of drug-likeness (QED) is 0.128. The number of ether oxygens (including phenoxy) is 1. The fourth-order valence-corrected chi connectivity index (χ4v) is 12.9. The van der Waals surface area contributed by atoms with Crippen molar-refractivity contribution < 1.29 is 9.30 Å². The second-order valence-corrected chi connectivity index (χ2v) is 21.7. The zero-order valence-corrected chi connectivity index (χ0v) is 45.7. The van der Waals surface area contributed by atoms with Crippen molar-refractivity contribution in [1.82, 2.24) is 14.1 Å². The van der Waals surface area contributed by atoms with Gasteiger partial charge in [-0.05, 0) is 98.6 Å². The first-order chi connectivity index (χ1) is 35.2. The number of morpholine rings is 1. The molecule has 0 spiro atoms. The highest BCUT2D eigenvalue weighted by Gasteiger charge is 2.34. The topological polar surface area (TPSA) is 45.6 Å². The number of piperidine rings is 2. The maximum Gasteiger partial charge on any atom is 0.294 e. The highest BCUT2D eigenvalue weighted by Crippen LogP contribution is 2.51. The van der Waals surface area contributed by atoms with E-state index in [4.69, 9.17) is 9.72 Å². The van der Waals surface area contributed by atoms with E-state index in [1.165, 1.54) is 127 Å². The van der Waals surface area contributed by atoms with E-state index < -0.39 is 0 Å². The monoisotopic (exact) mass is 983 g/mol. The Hall–Kier alpha value is -5.90. The molecule has 6 heterocycles. The van der Waals surface area contributed by atoms with Gasteiger partial charge in [-0.15, -0.1) is 11.3 Å². The second-order valence-electron chi connectivity index (χ2n) is 20.7. The van der Waals surface area contributed by atoms with Gasteiger partial charge in [0.25, 0.3) is 5.82 Å². The summed E-state index contributed by atoms with van der Waals surface area (Å²) >= 11 is 2.02. The third kappa shape index (κ3) is 10.2. The Morgan fingerprint density at radius 3 is 1.93 bits per heavy atom. The van der Waals surface area contributed by atoms with Crippen LogP contribution < -0.4 is 19.3 Å². The summed E-state index contributed by atoms with van der Waals surface area (Å²) in [6.07, 6.45) is 18.6. The van der Waals surface area contributed by atoms with Gasteiger partial charge in [0, 0.05) is 78.3 Å². The van der Waals surface area contributed by atoms with Gasteiger partial charge in [0.1, 0.15) is 18.2 Å². The van der Waals surface area contributed by atoms with Crippen molar-refractivity contribution in [1.29, 1.82) is 0 Å². The number of para-hydroxylation sites is 1. The van der Waals surface area contributed by atoms with Crippen LogP contribution >= 0.6 is 11.3 Å². The van der Waals surface area contributed by atoms with Crippen LogP contribution in [0.1, 0.15) is 128 Å². The molecule has 0 bridgehead atoms. The van der Waals surface area contributed by atoms with Crippen LogP contribution in [-0.4, -0.2) is 66.6 Å². The van der Waals surface area contributed by atoms with Crippen LogP contribution in [0.5, 0.6) is 0 Å². The van der Waals surface area contributed by atoms with Crippen LogP contribution in [0, 0.1) is 6.92 Å². The number of anilines is 3. The molecule has 0 amide bonds. The van der Waals surface area contributed by atoms with Gasteiger partial charge in [0.2, 0.25) is 0 Å². The Morgan fingerprint density at radius 2 is 1.26 bits per heavy atom. The number of aromatic nitrogens is 4. The Morgan fingerprint density at radius 1 is 0.625 bits per heavy atom. The van der Waals surface area contributed by atoms with E-state index in [-0.39, 0.29) is 0 Å². The molecular formula is C63H80N7OS+. The largest absolute Gasteiger partial charge is 0.378 e. The zero-order chi connectivity index (χ0) is 50.3. The molecule has 3 aromatic heterocycles. The number of nitrogens with zero attached hydrogens (tertiary/aromatic N) is 7. The Labute approximate surface area is 434 Å². The highest BCUT2D eigenvalue weighted by molar-refractivity contribution is 7.26. The summed E-state index contributed by atoms with van der Waals surface area (Å²) in [7, 11) is 2.19. The molecule has 0 N–H and O–H groups in total. The SMILES string of the molecule is CC(C)c1cccc(N2CCCCC2)c1-n1ccnc1-c1ccccc1.CCC.CCc1ccccc1-c1n(-c2c(C(C)C)c(C)c3sc4c(N5CCCCC5)cccc4c3c2N2CCOCC2)cc[n+]1C. The summed E-state index contributed by atoms with van der Waals surface area (Å²) in [5, 5.41) is 2.82. The van der Waals surface area contributed by atoms with E-state index in [0.29, 0.717) is 11.8 Å². The molecule has 3 aliphatic heterocycles. The maximum atomic E-state index is 5.92. The van der Waals surface area contributed by atoms with Crippen molar-refractivity contribution in [2.45, 2.75) is 119 Å². The number of hydrogen-bond donors (Lipinski definition) is 0. The Balaban J connectivity index is 0.000000188. The first-order valence-electron chi connectivity index (χ1n) is 27.4. The molecule has 0 saturated carbocycles. The highest BCUT2D eigenvalue weighted by atomic mass is 32.1. The molecule has 3 aliphatic rings. The van der Waals surface area contributed by atoms with Gasteiger partial charge < -0.3 is 19.4 Å². The molecule has 0 aliphatic carbocycles. The van der Waals surface area contributed by atoms with E-state index in [1.807, 2.05) is 17.5 Å². The normalized spacial score (nSPS) is 15.3. The molecule has 9 heteroatoms. The maximum absolute atomic E-state index is 5.92. The molecule has 8 aromatic rings. The van der Waals surface area contributed by atoms with Crippen LogP contribution in [0.15, 0.2) is 116 Å². The average molecular weight is 983 g/mol. The van der Waals surface area contributed by atoms with Crippen molar-refractivity contribution in [3.05, 3.63) is 138 Å². The van der Waals surface area contributed by atoms with E-state index in [2.05, 4.69) is 200 Å². The zero-order valence-electron chi connectivity index (χ0n) is 44.9. The van der Waals surface area contributed by atoms with Crippen molar-refractivity contribution >= 4 is 48.6 Å². The molecule has 3 fully saturated rings. The summed E-state index contributed by atoms with van der Waals surface area (Å²) in [5.41, 5.74) is 14.9. The average Bonchev–Trinajstić information content (AvgIpc) is 4.17. The molecule has 0 unspecified atom stereocenters. The minimum atomic E-state index is 0.368. The summed E-state index contributed by atoms with van der Waals surface area (Å²) in [5.74, 6) is 3.08. The molecule has 0 atom stereocenters. The lowest BCUT2D eigenvalue weighted by Crippen LogP contribution is -2.37. The van der Waals surface area contributed by atoms with Crippen molar-refractivity contribution in [2.24, 2.45) is 7.05 Å². The number of aryl methyl sites for hydroxylation is 3. The van der Waals surface area contributed by atoms with Crippen molar-refractivity contribution in [3.8, 4) is 34.2 Å². The van der Waals surface area contributed by atoms with Crippen LogP contribution in [0.25, 0.3) is 54.3 Å². The fraction of sp³-hybridized carbons (Fsp3) is 0.429. The molecule has 3 saturated heterocycles. The number of hydrogen-bond acceptors (Lipinski definition) is 6. The summed E-state index contributed by atoms with van der Waals surface area (Å²) in [4.78, 5) is 12.5. The standard InChI is InChI=1S/C37H45N4OS.C23H27N3.C3H8/c1-6-27-13-8-9-14-28(27)37-38(5)19-20-41(37)34-31(25(2)3)26(4)35-32(33(34)40-21-23-42-24-22-40)29-15-12-16-30(36(29)43-35)39-17-10-7-11-18-39;1-18(2)20-12-9-13-21(25-15-7-4-8-16-25)22(20)26-17-14-24-23(26)19-10-5-3-6-11-19;1-3-2/h8-9,12-16,19-20,25H,6-7,10-11,17-18,21-24H2,1-5H3;3,5-6,9-14,17-18H,4,7-8,15-16H2,1-2H3;3H2,1-2H3/q+1;;. The van der Waals surface area contributed by atoms with Crippen molar-refractivity contribution in [2.75, 3.05) is 67.2 Å². The number of fused-ring (bicyclic) bond motifs is 3. The summed E-state index contributed by atoms with van der Waals surface area (Å²) in [6.45, 7) is 26.1. The number of rotatable bonds is 10. The van der Waals surface area contributed by atoms with E-state index in [9.17, 15) is 0 Å². The number of thiophene rings is 1. The molecule has 0 radical (unpaired) electrons. The smallest absolute Gasteiger partial charge is 0.294 e. The van der Waals surface area contributed by atoms with Gasteiger partial charge in [0.15, 0.2) is 5.69 Å². The van der Waals surface area contributed by atoms with Crippen LogP contribution in [0.2, 0.25) is 0 Å². The third-order valence-electron chi connectivity index (χ3n) is 14.9. The van der Waals surface area contributed by atoms with E-state index in [1.54, 1.807) is 0 Å². The Bertz CT molecular complexity index is 3050. The van der Waals surface area contributed by atoms with Gasteiger partial charge in [0.05, 0.1) is 53.3 Å². The molecule has 72 heavy (non-hydrogen) atoms. The lowest BCUT2D eigenvalue weighted by molar-refractivity contribution is -0.659. The first-order valence-corrected chi connectivity index (χ1v) is 28.2. The van der Waals surface area contributed by atoms with Crippen LogP contribution in [-0.2, 0) is 18.2 Å². The molecule has 378 valence electrons. The van der Waals surface area contributed by atoms with E-state index >= 15 is 0 Å². The van der Waals surface area contributed by atoms with Crippen LogP contribution in [0.4, 0.5) is 17.1 Å². The van der Waals surface area contributed by atoms with Crippen LogP contribution in [0.3, 0.4) is 0 Å². The summed E-state index contributed by atoms with van der Waals surface area (Å²) < 4.78 is 15.9. The molecule has 8 nitrogen and oxygen atoms in total. The minimum Gasteiger partial charge on any atom is -0.378 e. The predicted octanol–water partition coefficient (Wildman–Crippen LogP) is 15.2. The second kappa shape index (κ2) is 23.3. The van der Waals surface area contributed by atoms with Gasteiger partial charge in [-0.2, -0.15) is 4.57 Å². The Kier molecular flexibility index (Phi) is 16.5. The van der Waals surface area contributed by atoms with Gasteiger partial charge in [-0.3, -0.25) is 4.57 Å².